The summed E-state index contributed by atoms with van der Waals surface area (Å²) >= 11 is 6.55. The van der Waals surface area contributed by atoms with Gasteiger partial charge in [0.1, 0.15) is 23.8 Å². The average molecular weight is 644 g/mol. The number of aryl methyl sites for hydroxylation is 2. The Hall–Kier alpha value is -4.36. The van der Waals surface area contributed by atoms with Crippen LogP contribution in [0.25, 0.3) is 17.3 Å². The van der Waals surface area contributed by atoms with E-state index in [2.05, 4.69) is 17.3 Å². The van der Waals surface area contributed by atoms with Crippen molar-refractivity contribution in [2.24, 2.45) is 5.92 Å². The third kappa shape index (κ3) is 9.57. The summed E-state index contributed by atoms with van der Waals surface area (Å²) in [4.78, 5) is 24.0. The van der Waals surface area contributed by atoms with E-state index >= 15 is 0 Å². The highest BCUT2D eigenvalue weighted by atomic mass is 35.5. The number of hydrogen-bond donors (Lipinski definition) is 0. The summed E-state index contributed by atoms with van der Waals surface area (Å²) in [5, 5.41) is 4.93. The average Bonchev–Trinajstić information content (AvgIpc) is 3.40. The van der Waals surface area contributed by atoms with Gasteiger partial charge in [-0.05, 0) is 88.3 Å². The molecule has 1 heterocycles. The molecule has 0 amide bonds. The van der Waals surface area contributed by atoms with Gasteiger partial charge in [-0.25, -0.2) is 4.79 Å². The van der Waals surface area contributed by atoms with E-state index in [9.17, 15) is 9.59 Å². The van der Waals surface area contributed by atoms with Crippen LogP contribution in [0.3, 0.4) is 0 Å². The fourth-order valence-electron chi connectivity index (χ4n) is 5.30. The lowest BCUT2D eigenvalue weighted by atomic mass is 9.92. The van der Waals surface area contributed by atoms with Crippen molar-refractivity contribution in [3.05, 3.63) is 111 Å². The number of halogens is 1. The van der Waals surface area contributed by atoms with Gasteiger partial charge in [-0.1, -0.05) is 77.8 Å². The van der Waals surface area contributed by atoms with Gasteiger partial charge in [0.25, 0.3) is 0 Å². The van der Waals surface area contributed by atoms with Crippen LogP contribution in [0.1, 0.15) is 77.9 Å². The molecule has 0 aliphatic rings. The first-order chi connectivity index (χ1) is 22.3. The van der Waals surface area contributed by atoms with Crippen LogP contribution in [-0.4, -0.2) is 30.3 Å². The van der Waals surface area contributed by atoms with E-state index in [1.165, 1.54) is 0 Å². The molecule has 1 aromatic heterocycles. The van der Waals surface area contributed by atoms with Crippen LogP contribution >= 0.6 is 11.6 Å². The Morgan fingerprint density at radius 3 is 2.43 bits per heavy atom. The van der Waals surface area contributed by atoms with Crippen LogP contribution in [0.5, 0.6) is 5.75 Å². The summed E-state index contributed by atoms with van der Waals surface area (Å²) in [6.45, 7) is 8.49. The smallest absolute Gasteiger partial charge is 0.338 e. The maximum atomic E-state index is 12.1. The molecule has 7 nitrogen and oxygen atoms in total. The monoisotopic (exact) mass is 643 g/mol. The predicted octanol–water partition coefficient (Wildman–Crippen LogP) is 9.36. The normalized spacial score (nSPS) is 11.8. The molecule has 0 radical (unpaired) electrons. The third-order valence-electron chi connectivity index (χ3n) is 7.76. The molecule has 8 heteroatoms. The number of carbonyl (C=O) groups is 2. The second-order valence-corrected chi connectivity index (χ2v) is 11.5. The zero-order chi connectivity index (χ0) is 32.9. The molecule has 0 saturated heterocycles. The summed E-state index contributed by atoms with van der Waals surface area (Å²) in [6, 6.07) is 21.2. The number of allylic oxidation sites excluding steroid dienone is 1. The fourth-order valence-corrected chi connectivity index (χ4v) is 5.61. The Kier molecular flexibility index (Phi) is 13.0. The van der Waals surface area contributed by atoms with Crippen molar-refractivity contribution in [3.63, 3.8) is 0 Å². The van der Waals surface area contributed by atoms with E-state index in [-0.39, 0.29) is 24.5 Å². The minimum Gasteiger partial charge on any atom is -0.488 e. The summed E-state index contributed by atoms with van der Waals surface area (Å²) in [5.41, 5.74) is 5.98. The molecule has 1 unspecified atom stereocenters. The quantitative estimate of drug-likeness (QED) is 0.0888. The van der Waals surface area contributed by atoms with Gasteiger partial charge in [-0.3, -0.25) is 4.79 Å². The van der Waals surface area contributed by atoms with Crippen LogP contribution < -0.4 is 4.74 Å². The lowest BCUT2D eigenvalue weighted by Crippen LogP contribution is -2.06. The number of benzene rings is 3. The Balaban J connectivity index is 1.50. The fraction of sp³-hybridized carbons (Fsp3) is 0.342. The van der Waals surface area contributed by atoms with Gasteiger partial charge in [-0.2, -0.15) is 0 Å². The molecule has 4 aromatic rings. The SMILES string of the molecule is CCOC(=O)CCCCC(/C=C/c1ccccc1OCc1c(-c2c(C)cccc2Cl)noc1C)Cc1ccc(C(=O)OCC)cc1. The topological polar surface area (TPSA) is 87.9 Å². The largest absolute Gasteiger partial charge is 0.488 e. The second kappa shape index (κ2) is 17.4. The van der Waals surface area contributed by atoms with Gasteiger partial charge in [0, 0.05) is 17.5 Å². The van der Waals surface area contributed by atoms with Crippen molar-refractivity contribution in [1.82, 2.24) is 5.16 Å². The van der Waals surface area contributed by atoms with E-state index < -0.39 is 0 Å². The number of unbranched alkanes of at least 4 members (excludes halogenated alkanes) is 1. The molecule has 0 spiro atoms. The van der Waals surface area contributed by atoms with Crippen LogP contribution in [0.4, 0.5) is 0 Å². The van der Waals surface area contributed by atoms with E-state index in [4.69, 9.17) is 30.3 Å². The molecule has 3 aromatic carbocycles. The molecule has 0 saturated carbocycles. The zero-order valence-corrected chi connectivity index (χ0v) is 27.8. The van der Waals surface area contributed by atoms with Gasteiger partial charge < -0.3 is 18.7 Å². The molecular weight excluding hydrogens is 602 g/mol. The standard InChI is InChI=1S/C38H42ClNO6/c1-5-43-35(41)17-10-7-13-28(24-29-19-22-31(23-20-29)38(42)44-6-2)18-21-30-14-8-9-16-34(30)45-25-32-27(4)46-40-37(32)36-26(3)12-11-15-33(36)39/h8-9,11-12,14-16,18-23,28H,5-7,10,13,17,24-25H2,1-4H3/b21-18+. The van der Waals surface area contributed by atoms with Gasteiger partial charge in [0.15, 0.2) is 0 Å². The van der Waals surface area contributed by atoms with Crippen molar-refractivity contribution >= 4 is 29.6 Å². The second-order valence-electron chi connectivity index (χ2n) is 11.1. The summed E-state index contributed by atoms with van der Waals surface area (Å²) in [7, 11) is 0. The number of para-hydroxylation sites is 1. The summed E-state index contributed by atoms with van der Waals surface area (Å²) in [5.74, 6) is 1.13. The van der Waals surface area contributed by atoms with Crippen LogP contribution in [0.15, 0.2) is 77.3 Å². The number of esters is 2. The molecule has 0 aliphatic heterocycles. The Labute approximate surface area is 276 Å². The van der Waals surface area contributed by atoms with Gasteiger partial charge in [0.2, 0.25) is 0 Å². The van der Waals surface area contributed by atoms with Crippen molar-refractivity contribution < 1.29 is 28.3 Å². The molecule has 1 atom stereocenters. The number of carbonyl (C=O) groups excluding carboxylic acids is 2. The minimum atomic E-state index is -0.323. The molecule has 0 N–H and O–H groups in total. The highest BCUT2D eigenvalue weighted by molar-refractivity contribution is 6.33. The summed E-state index contributed by atoms with van der Waals surface area (Å²) < 4.78 is 22.1. The minimum absolute atomic E-state index is 0.161. The highest BCUT2D eigenvalue weighted by Crippen LogP contribution is 2.35. The van der Waals surface area contributed by atoms with Crippen molar-refractivity contribution in [3.8, 4) is 17.0 Å². The molecule has 0 aliphatic carbocycles. The Bertz CT molecular complexity index is 1600. The van der Waals surface area contributed by atoms with Crippen molar-refractivity contribution in [1.29, 1.82) is 0 Å². The maximum absolute atomic E-state index is 12.1. The maximum Gasteiger partial charge on any atom is 0.338 e. The first-order valence-corrected chi connectivity index (χ1v) is 16.2. The van der Waals surface area contributed by atoms with E-state index in [1.807, 2.05) is 87.5 Å². The first-order valence-electron chi connectivity index (χ1n) is 15.8. The lowest BCUT2D eigenvalue weighted by Gasteiger charge is -2.15. The molecule has 0 fully saturated rings. The van der Waals surface area contributed by atoms with Crippen LogP contribution in [-0.2, 0) is 27.3 Å². The van der Waals surface area contributed by atoms with Crippen LogP contribution in [0.2, 0.25) is 5.02 Å². The molecule has 4 rings (SSSR count). The Morgan fingerprint density at radius 2 is 1.70 bits per heavy atom. The van der Waals surface area contributed by atoms with Crippen LogP contribution in [0, 0.1) is 19.8 Å². The van der Waals surface area contributed by atoms with Gasteiger partial charge >= 0.3 is 11.9 Å². The van der Waals surface area contributed by atoms with E-state index in [0.717, 1.165) is 59.3 Å². The molecule has 46 heavy (non-hydrogen) atoms. The molecule has 0 bridgehead atoms. The van der Waals surface area contributed by atoms with E-state index in [0.29, 0.717) is 41.7 Å². The summed E-state index contributed by atoms with van der Waals surface area (Å²) in [6.07, 6.45) is 8.02. The highest BCUT2D eigenvalue weighted by Gasteiger charge is 2.20. The molecular formula is C38H42ClNO6. The molecule has 242 valence electrons. The predicted molar refractivity (Wildman–Crippen MR) is 181 cm³/mol. The lowest BCUT2D eigenvalue weighted by molar-refractivity contribution is -0.143. The van der Waals surface area contributed by atoms with Gasteiger partial charge in [0.05, 0.1) is 29.4 Å². The number of nitrogens with zero attached hydrogens (tertiary/aromatic N) is 1. The van der Waals surface area contributed by atoms with Gasteiger partial charge in [-0.15, -0.1) is 0 Å². The van der Waals surface area contributed by atoms with Crippen molar-refractivity contribution in [2.45, 2.75) is 66.4 Å². The number of hydrogen-bond acceptors (Lipinski definition) is 7. The third-order valence-corrected chi connectivity index (χ3v) is 8.07. The number of rotatable bonds is 16. The first kappa shape index (κ1) is 34.5. The Morgan fingerprint density at radius 1 is 0.935 bits per heavy atom. The number of ether oxygens (including phenoxy) is 3. The number of aromatic nitrogens is 1. The van der Waals surface area contributed by atoms with Crippen molar-refractivity contribution in [2.75, 3.05) is 13.2 Å². The van der Waals surface area contributed by atoms with E-state index in [1.54, 1.807) is 6.92 Å². The zero-order valence-electron chi connectivity index (χ0n) is 27.0.